The first kappa shape index (κ1) is 24.6. The van der Waals surface area contributed by atoms with E-state index in [1.165, 1.54) is 19.2 Å². The lowest BCUT2D eigenvalue weighted by atomic mass is 10.1. The molecule has 1 aliphatic heterocycles. The van der Waals surface area contributed by atoms with E-state index in [2.05, 4.69) is 5.32 Å². The second kappa shape index (κ2) is 11.3. The first-order valence-corrected chi connectivity index (χ1v) is 11.5. The monoisotopic (exact) mass is 500 g/mol. The van der Waals surface area contributed by atoms with Gasteiger partial charge in [0.1, 0.15) is 12.4 Å². The molecule has 0 aromatic heterocycles. The summed E-state index contributed by atoms with van der Waals surface area (Å²) in [7, 11) is 1.52. The van der Waals surface area contributed by atoms with Crippen LogP contribution in [0.3, 0.4) is 0 Å². The number of carbonyl (C=O) groups is 1. The second-order valence-electron chi connectivity index (χ2n) is 8.01. The maximum atomic E-state index is 13.1. The summed E-state index contributed by atoms with van der Waals surface area (Å²) in [6, 6.07) is 14.9. The van der Waals surface area contributed by atoms with Crippen molar-refractivity contribution in [3.63, 3.8) is 0 Å². The van der Waals surface area contributed by atoms with Crippen LogP contribution in [0, 0.1) is 5.82 Å². The molecule has 0 amide bonds. The van der Waals surface area contributed by atoms with Crippen molar-refractivity contribution in [2.45, 2.75) is 13.2 Å². The lowest BCUT2D eigenvalue weighted by Crippen LogP contribution is -2.37. The van der Waals surface area contributed by atoms with E-state index in [0.717, 1.165) is 11.1 Å². The molecule has 9 heteroatoms. The predicted octanol–water partition coefficient (Wildman–Crippen LogP) is 5.21. The van der Waals surface area contributed by atoms with Crippen LogP contribution in [0.5, 0.6) is 11.5 Å². The van der Waals surface area contributed by atoms with Crippen LogP contribution in [-0.2, 0) is 17.9 Å². The summed E-state index contributed by atoms with van der Waals surface area (Å²) in [5, 5.41) is 13.4. The van der Waals surface area contributed by atoms with Gasteiger partial charge in [-0.2, -0.15) is 0 Å². The molecule has 0 unspecified atom stereocenters. The minimum atomic E-state index is -0.984. The molecule has 2 N–H and O–H groups in total. The largest absolute Gasteiger partial charge is 0.493 e. The van der Waals surface area contributed by atoms with Crippen molar-refractivity contribution in [2.75, 3.05) is 43.6 Å². The summed E-state index contributed by atoms with van der Waals surface area (Å²) >= 11 is 6.47. The number of halogens is 2. The van der Waals surface area contributed by atoms with E-state index in [1.54, 1.807) is 30.3 Å². The van der Waals surface area contributed by atoms with Gasteiger partial charge < -0.3 is 29.5 Å². The Morgan fingerprint density at radius 2 is 1.86 bits per heavy atom. The number of carboxylic acids is 1. The molecule has 1 aliphatic rings. The van der Waals surface area contributed by atoms with Gasteiger partial charge >= 0.3 is 5.97 Å². The third kappa shape index (κ3) is 6.15. The van der Waals surface area contributed by atoms with Gasteiger partial charge in [0.15, 0.2) is 11.5 Å². The summed E-state index contributed by atoms with van der Waals surface area (Å²) in [5.74, 6) is -0.439. The maximum absolute atomic E-state index is 13.1. The topological polar surface area (TPSA) is 80.3 Å². The first-order valence-electron chi connectivity index (χ1n) is 11.1. The van der Waals surface area contributed by atoms with E-state index in [4.69, 9.17) is 25.8 Å². The minimum absolute atomic E-state index is 0.210. The number of rotatable bonds is 9. The third-order valence-electron chi connectivity index (χ3n) is 5.66. The molecule has 0 atom stereocenters. The summed E-state index contributed by atoms with van der Waals surface area (Å²) in [6.07, 6.45) is 0. The smallest absolute Gasteiger partial charge is 0.337 e. The number of methoxy groups -OCH3 is 1. The molecule has 1 fully saturated rings. The molecule has 184 valence electrons. The fourth-order valence-electron chi connectivity index (χ4n) is 3.85. The molecular formula is C26H26ClFN2O5. The number of benzene rings is 3. The van der Waals surface area contributed by atoms with E-state index in [9.17, 15) is 14.3 Å². The Kier molecular flexibility index (Phi) is 7.94. The van der Waals surface area contributed by atoms with E-state index in [-0.39, 0.29) is 18.0 Å². The zero-order chi connectivity index (χ0) is 24.8. The van der Waals surface area contributed by atoms with Gasteiger partial charge in [0, 0.05) is 25.3 Å². The summed E-state index contributed by atoms with van der Waals surface area (Å²) < 4.78 is 29.8. The van der Waals surface area contributed by atoms with Crippen molar-refractivity contribution in [1.82, 2.24) is 0 Å². The average Bonchev–Trinajstić information content (AvgIpc) is 2.87. The molecule has 1 heterocycles. The summed E-state index contributed by atoms with van der Waals surface area (Å²) in [6.45, 7) is 3.06. The van der Waals surface area contributed by atoms with Gasteiger partial charge in [0.05, 0.1) is 36.6 Å². The highest BCUT2D eigenvalue weighted by Crippen LogP contribution is 2.37. The number of morpholine rings is 1. The molecule has 3 aromatic rings. The van der Waals surface area contributed by atoms with Crippen molar-refractivity contribution in [3.05, 3.63) is 82.1 Å². The molecule has 1 saturated heterocycles. The average molecular weight is 501 g/mol. The lowest BCUT2D eigenvalue weighted by molar-refractivity contribution is 0.0696. The molecule has 0 spiro atoms. The molecule has 3 aromatic carbocycles. The van der Waals surface area contributed by atoms with Gasteiger partial charge in [-0.25, -0.2) is 9.18 Å². The van der Waals surface area contributed by atoms with Gasteiger partial charge in [-0.1, -0.05) is 23.7 Å². The van der Waals surface area contributed by atoms with Crippen LogP contribution in [0.15, 0.2) is 54.6 Å². The highest BCUT2D eigenvalue weighted by atomic mass is 35.5. The molecule has 4 rings (SSSR count). The number of anilines is 2. The number of nitrogens with one attached hydrogen (secondary N) is 1. The Bertz CT molecular complexity index is 1180. The Morgan fingerprint density at radius 3 is 2.54 bits per heavy atom. The number of nitrogens with zero attached hydrogens (tertiary/aromatic N) is 1. The number of ether oxygens (including phenoxy) is 3. The van der Waals surface area contributed by atoms with Crippen LogP contribution < -0.4 is 19.7 Å². The predicted molar refractivity (Wildman–Crippen MR) is 132 cm³/mol. The quantitative estimate of drug-likeness (QED) is 0.417. The number of carboxylic acid groups (broad SMARTS) is 1. The number of hydrogen-bond acceptors (Lipinski definition) is 6. The van der Waals surface area contributed by atoms with E-state index < -0.39 is 5.97 Å². The fourth-order valence-corrected chi connectivity index (χ4v) is 4.14. The molecule has 0 saturated carbocycles. The van der Waals surface area contributed by atoms with Crippen molar-refractivity contribution in [1.29, 1.82) is 0 Å². The van der Waals surface area contributed by atoms with Crippen LogP contribution >= 0.6 is 11.6 Å². The van der Waals surface area contributed by atoms with Crippen molar-refractivity contribution >= 4 is 28.9 Å². The molecular weight excluding hydrogens is 475 g/mol. The second-order valence-corrected chi connectivity index (χ2v) is 8.42. The molecule has 7 nitrogen and oxygen atoms in total. The molecule has 0 radical (unpaired) electrons. The van der Waals surface area contributed by atoms with Crippen LogP contribution in [0.1, 0.15) is 21.5 Å². The van der Waals surface area contributed by atoms with Gasteiger partial charge in [0.25, 0.3) is 0 Å². The van der Waals surface area contributed by atoms with Crippen LogP contribution in [-0.4, -0.2) is 44.5 Å². The van der Waals surface area contributed by atoms with Crippen LogP contribution in [0.2, 0.25) is 5.02 Å². The maximum Gasteiger partial charge on any atom is 0.337 e. The summed E-state index contributed by atoms with van der Waals surface area (Å²) in [5.41, 5.74) is 3.21. The lowest BCUT2D eigenvalue weighted by Gasteiger charge is -2.30. The highest BCUT2D eigenvalue weighted by Gasteiger charge is 2.19. The zero-order valence-electron chi connectivity index (χ0n) is 19.2. The van der Waals surface area contributed by atoms with Crippen molar-refractivity contribution in [2.24, 2.45) is 0 Å². The van der Waals surface area contributed by atoms with Gasteiger partial charge in [0.2, 0.25) is 0 Å². The Labute approximate surface area is 208 Å². The first-order chi connectivity index (χ1) is 16.9. The van der Waals surface area contributed by atoms with Crippen molar-refractivity contribution < 1.29 is 28.5 Å². The standard InChI is InChI=1S/C26H26ClFN2O5/c1-33-24-13-18(12-22(27)25(24)35-16-17-2-4-19(28)5-3-17)15-29-20-6-7-23(21(14-20)26(31)32)30-8-10-34-11-9-30/h2-7,12-14,29H,8-11,15-16H2,1H3,(H,31,32). The van der Waals surface area contributed by atoms with Crippen LogP contribution in [0.25, 0.3) is 0 Å². The molecule has 0 bridgehead atoms. The van der Waals surface area contributed by atoms with E-state index in [0.29, 0.717) is 60.7 Å². The Balaban J connectivity index is 1.46. The highest BCUT2D eigenvalue weighted by molar-refractivity contribution is 6.32. The number of aromatic carboxylic acids is 1. The molecule has 35 heavy (non-hydrogen) atoms. The van der Waals surface area contributed by atoms with E-state index >= 15 is 0 Å². The SMILES string of the molecule is COc1cc(CNc2ccc(N3CCOCC3)c(C(=O)O)c2)cc(Cl)c1OCc1ccc(F)cc1. The Morgan fingerprint density at radius 1 is 1.11 bits per heavy atom. The molecule has 0 aliphatic carbocycles. The summed E-state index contributed by atoms with van der Waals surface area (Å²) in [4.78, 5) is 13.9. The van der Waals surface area contributed by atoms with Gasteiger partial charge in [-0.3, -0.25) is 0 Å². The van der Waals surface area contributed by atoms with Gasteiger partial charge in [-0.15, -0.1) is 0 Å². The zero-order valence-corrected chi connectivity index (χ0v) is 20.0. The minimum Gasteiger partial charge on any atom is -0.493 e. The third-order valence-corrected chi connectivity index (χ3v) is 5.94. The number of hydrogen-bond donors (Lipinski definition) is 2. The fraction of sp³-hybridized carbons (Fsp3) is 0.269. The Hall–Kier alpha value is -3.49. The van der Waals surface area contributed by atoms with Gasteiger partial charge in [-0.05, 0) is 53.6 Å². The van der Waals surface area contributed by atoms with E-state index in [1.807, 2.05) is 17.0 Å². The normalized spacial score (nSPS) is 13.4. The van der Waals surface area contributed by atoms with Crippen molar-refractivity contribution in [3.8, 4) is 11.5 Å². The van der Waals surface area contributed by atoms with Crippen LogP contribution in [0.4, 0.5) is 15.8 Å².